The van der Waals surface area contributed by atoms with Crippen LogP contribution in [0.1, 0.15) is 47.2 Å². The first-order valence-electron chi connectivity index (χ1n) is 15.3. The van der Waals surface area contributed by atoms with Gasteiger partial charge >= 0.3 is 5.97 Å². The molecule has 0 saturated heterocycles. The molecule has 5 rings (SSSR count). The molecule has 7 heteroatoms. The predicted molar refractivity (Wildman–Crippen MR) is 172 cm³/mol. The Balaban J connectivity index is 1.22. The molecule has 4 aromatic rings. The van der Waals surface area contributed by atoms with Crippen LogP contribution in [0.25, 0.3) is 0 Å². The molecule has 1 fully saturated rings. The molecular formula is C37H39FN2O4. The lowest BCUT2D eigenvalue weighted by Gasteiger charge is -2.28. The molecule has 1 unspecified atom stereocenters. The molecule has 44 heavy (non-hydrogen) atoms. The van der Waals surface area contributed by atoms with Gasteiger partial charge in [-0.3, -0.25) is 4.79 Å². The minimum absolute atomic E-state index is 0.129. The lowest BCUT2D eigenvalue weighted by atomic mass is 10.00. The fourth-order valence-electron chi connectivity index (χ4n) is 5.83. The van der Waals surface area contributed by atoms with Crippen molar-refractivity contribution in [3.05, 3.63) is 126 Å². The third-order valence-corrected chi connectivity index (χ3v) is 8.16. The van der Waals surface area contributed by atoms with Gasteiger partial charge < -0.3 is 19.7 Å². The van der Waals surface area contributed by atoms with Gasteiger partial charge in [0.25, 0.3) is 0 Å². The molecule has 0 aliphatic heterocycles. The molecule has 0 radical (unpaired) electrons. The summed E-state index contributed by atoms with van der Waals surface area (Å²) >= 11 is 0. The van der Waals surface area contributed by atoms with Crippen LogP contribution in [0, 0.1) is 11.7 Å². The van der Waals surface area contributed by atoms with Crippen LogP contribution in [0.2, 0.25) is 0 Å². The Morgan fingerprint density at radius 1 is 0.886 bits per heavy atom. The molecule has 0 spiro atoms. The summed E-state index contributed by atoms with van der Waals surface area (Å²) in [4.78, 5) is 28.1. The van der Waals surface area contributed by atoms with Crippen molar-refractivity contribution in [2.45, 2.75) is 38.1 Å². The highest BCUT2D eigenvalue weighted by molar-refractivity contribution is 6.12. The number of methoxy groups -OCH3 is 1. The van der Waals surface area contributed by atoms with Crippen molar-refractivity contribution in [3.63, 3.8) is 0 Å². The maximum absolute atomic E-state index is 14.6. The van der Waals surface area contributed by atoms with Gasteiger partial charge in [0.1, 0.15) is 24.2 Å². The van der Waals surface area contributed by atoms with Gasteiger partial charge in [-0.1, -0.05) is 79.6 Å². The van der Waals surface area contributed by atoms with Crippen molar-refractivity contribution in [2.75, 3.05) is 37.0 Å². The van der Waals surface area contributed by atoms with Crippen LogP contribution in [-0.2, 0) is 16.0 Å². The van der Waals surface area contributed by atoms with E-state index in [1.165, 1.54) is 38.9 Å². The van der Waals surface area contributed by atoms with Gasteiger partial charge in [-0.05, 0) is 60.7 Å². The summed E-state index contributed by atoms with van der Waals surface area (Å²) in [6, 6.07) is 30.0. The fourth-order valence-corrected chi connectivity index (χ4v) is 5.83. The highest BCUT2D eigenvalue weighted by Crippen LogP contribution is 2.29. The monoisotopic (exact) mass is 594 g/mol. The number of hydrogen-bond acceptors (Lipinski definition) is 6. The summed E-state index contributed by atoms with van der Waals surface area (Å²) in [5, 5.41) is 3.25. The smallest absolute Gasteiger partial charge is 0.328 e. The molecule has 0 bridgehead atoms. The number of carbonyl (C=O) groups is 2. The van der Waals surface area contributed by atoms with E-state index in [0.717, 1.165) is 12.1 Å². The van der Waals surface area contributed by atoms with Crippen LogP contribution in [-0.4, -0.2) is 44.6 Å². The summed E-state index contributed by atoms with van der Waals surface area (Å²) < 4.78 is 25.8. The molecule has 0 amide bonds. The molecule has 6 nitrogen and oxygen atoms in total. The molecule has 0 aromatic heterocycles. The maximum Gasteiger partial charge on any atom is 0.328 e. The summed E-state index contributed by atoms with van der Waals surface area (Å²) in [5.41, 5.74) is 3.14. The Morgan fingerprint density at radius 3 is 2.30 bits per heavy atom. The van der Waals surface area contributed by atoms with Crippen molar-refractivity contribution in [1.82, 2.24) is 0 Å². The lowest BCUT2D eigenvalue weighted by molar-refractivity contribution is -0.141. The number of rotatable bonds is 14. The van der Waals surface area contributed by atoms with E-state index in [1.54, 1.807) is 36.4 Å². The molecule has 1 N–H and O–H groups in total. The van der Waals surface area contributed by atoms with Crippen molar-refractivity contribution >= 4 is 23.1 Å². The second-order valence-electron chi connectivity index (χ2n) is 11.2. The van der Waals surface area contributed by atoms with E-state index in [-0.39, 0.29) is 11.6 Å². The third-order valence-electron chi connectivity index (χ3n) is 8.16. The highest BCUT2D eigenvalue weighted by Gasteiger charge is 2.23. The molecular weight excluding hydrogens is 555 g/mol. The number of carbonyl (C=O) groups excluding carboxylic acids is 2. The topological polar surface area (TPSA) is 67.9 Å². The molecule has 1 aliphatic carbocycles. The fraction of sp³-hybridized carbons (Fsp3) is 0.297. The average molecular weight is 595 g/mol. The van der Waals surface area contributed by atoms with Crippen LogP contribution in [0.4, 0.5) is 15.8 Å². The van der Waals surface area contributed by atoms with Crippen molar-refractivity contribution in [3.8, 4) is 5.75 Å². The number of esters is 1. The Bertz CT molecular complexity index is 1520. The number of benzene rings is 4. The summed E-state index contributed by atoms with van der Waals surface area (Å²) in [6.45, 7) is 1.82. The van der Waals surface area contributed by atoms with Crippen molar-refractivity contribution < 1.29 is 23.5 Å². The maximum atomic E-state index is 14.6. The van der Waals surface area contributed by atoms with Gasteiger partial charge in [0.2, 0.25) is 0 Å². The number of nitrogens with one attached hydrogen (secondary N) is 1. The normalized spacial score (nSPS) is 13.7. The van der Waals surface area contributed by atoms with Crippen LogP contribution in [0.5, 0.6) is 5.75 Å². The zero-order valence-corrected chi connectivity index (χ0v) is 25.1. The Kier molecular flexibility index (Phi) is 10.6. The molecule has 1 atom stereocenters. The van der Waals surface area contributed by atoms with Gasteiger partial charge in [-0.15, -0.1) is 0 Å². The van der Waals surface area contributed by atoms with E-state index in [2.05, 4.69) is 10.2 Å². The van der Waals surface area contributed by atoms with E-state index in [9.17, 15) is 14.0 Å². The largest absolute Gasteiger partial charge is 0.492 e. The van der Waals surface area contributed by atoms with Crippen LogP contribution < -0.4 is 15.0 Å². The Hall–Kier alpha value is -4.65. The quantitative estimate of drug-likeness (QED) is 0.122. The van der Waals surface area contributed by atoms with Gasteiger partial charge in [0.05, 0.1) is 19.3 Å². The first-order chi connectivity index (χ1) is 21.5. The van der Waals surface area contributed by atoms with Crippen LogP contribution in [0.3, 0.4) is 0 Å². The lowest BCUT2D eigenvalue weighted by Crippen LogP contribution is -2.33. The Morgan fingerprint density at radius 2 is 1.57 bits per heavy atom. The summed E-state index contributed by atoms with van der Waals surface area (Å²) in [7, 11) is 1.35. The van der Waals surface area contributed by atoms with Crippen molar-refractivity contribution in [1.29, 1.82) is 0 Å². The number of para-hydroxylation sites is 2. The standard InChI is InChI=1S/C37H39FN2O4/c1-43-37(42)34(39-33-17-9-7-15-31(33)36(41)29-13-3-2-4-14-29)25-27-19-21-30(22-20-27)44-24-23-40(26-28-11-5-6-12-28)35-18-10-8-16-32(35)38/h2-4,7-10,13-22,28,34,39H,5-6,11-12,23-26H2,1H3. The van der Waals surface area contributed by atoms with Gasteiger partial charge in [-0.2, -0.15) is 0 Å². The van der Waals surface area contributed by atoms with Gasteiger partial charge in [-0.25, -0.2) is 9.18 Å². The van der Waals surface area contributed by atoms with E-state index in [0.29, 0.717) is 53.7 Å². The zero-order chi connectivity index (χ0) is 30.7. The second-order valence-corrected chi connectivity index (χ2v) is 11.2. The number of ketones is 1. The van der Waals surface area contributed by atoms with E-state index in [1.807, 2.05) is 60.7 Å². The highest BCUT2D eigenvalue weighted by atomic mass is 19.1. The number of nitrogens with zero attached hydrogens (tertiary/aromatic N) is 1. The minimum Gasteiger partial charge on any atom is -0.492 e. The predicted octanol–water partition coefficient (Wildman–Crippen LogP) is 7.33. The van der Waals surface area contributed by atoms with E-state index >= 15 is 0 Å². The third kappa shape index (κ3) is 8.04. The first kappa shape index (κ1) is 30.8. The zero-order valence-electron chi connectivity index (χ0n) is 25.1. The molecule has 228 valence electrons. The van der Waals surface area contributed by atoms with Crippen LogP contribution >= 0.6 is 0 Å². The SMILES string of the molecule is COC(=O)C(Cc1ccc(OCCN(CC2CCCC2)c2ccccc2F)cc1)Nc1ccccc1C(=O)c1ccccc1. The van der Waals surface area contributed by atoms with Gasteiger partial charge in [0.15, 0.2) is 5.78 Å². The molecule has 0 heterocycles. The number of halogens is 1. The Labute approximate surface area is 258 Å². The number of ether oxygens (including phenoxy) is 2. The number of hydrogen-bond donors (Lipinski definition) is 1. The van der Waals surface area contributed by atoms with E-state index < -0.39 is 12.0 Å². The summed E-state index contributed by atoms with van der Waals surface area (Å²) in [5.74, 6) is 0.507. The van der Waals surface area contributed by atoms with E-state index in [4.69, 9.17) is 9.47 Å². The van der Waals surface area contributed by atoms with Gasteiger partial charge in [0, 0.05) is 29.8 Å². The first-order valence-corrected chi connectivity index (χ1v) is 15.3. The molecule has 1 aliphatic rings. The van der Waals surface area contributed by atoms with Crippen LogP contribution in [0.15, 0.2) is 103 Å². The second kappa shape index (κ2) is 15.2. The van der Waals surface area contributed by atoms with Crippen molar-refractivity contribution in [2.24, 2.45) is 5.92 Å². The molecule has 1 saturated carbocycles. The molecule has 4 aromatic carbocycles. The minimum atomic E-state index is -0.707. The average Bonchev–Trinajstić information content (AvgIpc) is 3.58. The summed E-state index contributed by atoms with van der Waals surface area (Å²) in [6.07, 6.45) is 5.20. The number of anilines is 2.